The van der Waals surface area contributed by atoms with Crippen molar-refractivity contribution in [3.63, 3.8) is 0 Å². The summed E-state index contributed by atoms with van der Waals surface area (Å²) in [4.78, 5) is 34.5. The van der Waals surface area contributed by atoms with E-state index in [1.807, 2.05) is 25.1 Å². The quantitative estimate of drug-likeness (QED) is 0.541. The largest absolute Gasteiger partial charge is 0.496 e. The average Bonchev–Trinajstić information content (AvgIpc) is 3.16. The molecule has 1 saturated heterocycles. The number of hydrogen-bond acceptors (Lipinski definition) is 8. The molecule has 3 rings (SSSR count). The van der Waals surface area contributed by atoms with E-state index < -0.39 is 24.1 Å². The van der Waals surface area contributed by atoms with Crippen molar-refractivity contribution in [3.05, 3.63) is 54.0 Å². The van der Waals surface area contributed by atoms with Crippen LogP contribution in [0.3, 0.4) is 0 Å². The van der Waals surface area contributed by atoms with Crippen molar-refractivity contribution in [3.8, 4) is 5.75 Å². The van der Waals surface area contributed by atoms with Crippen LogP contribution in [0.2, 0.25) is 0 Å². The third-order valence-electron chi connectivity index (χ3n) is 4.65. The molecule has 0 spiro atoms. The predicted molar refractivity (Wildman–Crippen MR) is 106 cm³/mol. The zero-order valence-corrected chi connectivity index (χ0v) is 16.6. The second kappa shape index (κ2) is 9.18. The van der Waals surface area contributed by atoms with Gasteiger partial charge in [-0.15, -0.1) is 0 Å². The molecule has 8 nitrogen and oxygen atoms in total. The summed E-state index contributed by atoms with van der Waals surface area (Å²) in [5.74, 6) is 0.291. The number of anilines is 1. The molecule has 0 saturated carbocycles. The molecule has 0 amide bonds. The van der Waals surface area contributed by atoms with Gasteiger partial charge in [0.25, 0.3) is 0 Å². The van der Waals surface area contributed by atoms with Gasteiger partial charge in [0.05, 0.1) is 27.0 Å². The molecule has 0 aliphatic carbocycles. The average molecular weight is 397 g/mol. The van der Waals surface area contributed by atoms with Crippen LogP contribution in [0.4, 0.5) is 5.82 Å². The number of carbonyl (C=O) groups is 2. The fourth-order valence-corrected chi connectivity index (χ4v) is 3.28. The van der Waals surface area contributed by atoms with Crippen LogP contribution in [0.25, 0.3) is 6.08 Å². The Morgan fingerprint density at radius 1 is 1.24 bits per heavy atom. The van der Waals surface area contributed by atoms with Gasteiger partial charge < -0.3 is 19.1 Å². The van der Waals surface area contributed by atoms with Gasteiger partial charge in [-0.2, -0.15) is 0 Å². The molecule has 8 heteroatoms. The Morgan fingerprint density at radius 3 is 2.76 bits per heavy atom. The summed E-state index contributed by atoms with van der Waals surface area (Å²) in [6.07, 6.45) is 7.50. The van der Waals surface area contributed by atoms with E-state index in [4.69, 9.17) is 14.2 Å². The maximum absolute atomic E-state index is 12.3. The van der Waals surface area contributed by atoms with E-state index in [1.54, 1.807) is 36.7 Å². The first kappa shape index (κ1) is 20.3. The third-order valence-corrected chi connectivity index (χ3v) is 4.65. The number of esters is 2. The van der Waals surface area contributed by atoms with Gasteiger partial charge in [-0.25, -0.2) is 14.6 Å². The molecule has 2 atom stereocenters. The number of rotatable bonds is 6. The van der Waals surface area contributed by atoms with Gasteiger partial charge in [0.15, 0.2) is 0 Å². The molecule has 152 valence electrons. The van der Waals surface area contributed by atoms with Gasteiger partial charge in [0, 0.05) is 30.5 Å². The van der Waals surface area contributed by atoms with Crippen LogP contribution in [0, 0.1) is 6.92 Å². The molecular formula is C21H23N3O5. The van der Waals surface area contributed by atoms with Gasteiger partial charge in [-0.1, -0.05) is 11.6 Å². The minimum absolute atomic E-state index is 0.316. The zero-order chi connectivity index (χ0) is 20.8. The van der Waals surface area contributed by atoms with Gasteiger partial charge >= 0.3 is 11.9 Å². The summed E-state index contributed by atoms with van der Waals surface area (Å²) in [6.45, 7) is 2.29. The van der Waals surface area contributed by atoms with E-state index in [1.165, 1.54) is 13.2 Å². The monoisotopic (exact) mass is 397 g/mol. The summed E-state index contributed by atoms with van der Waals surface area (Å²) < 4.78 is 15.7. The summed E-state index contributed by atoms with van der Waals surface area (Å²) >= 11 is 0. The minimum atomic E-state index is -0.588. The Hall–Kier alpha value is -3.42. The number of methoxy groups -OCH3 is 2. The van der Waals surface area contributed by atoms with E-state index in [0.29, 0.717) is 24.5 Å². The number of carbonyl (C=O) groups excluding carboxylic acids is 2. The molecule has 1 aromatic carbocycles. The topological polar surface area (TPSA) is 90.8 Å². The van der Waals surface area contributed by atoms with Crippen molar-refractivity contribution in [2.45, 2.75) is 25.5 Å². The van der Waals surface area contributed by atoms with Crippen LogP contribution in [-0.2, 0) is 19.1 Å². The standard InChI is InChI=1S/C21H23N3O5/c1-14-4-6-18(27-2)15(10-14)5-7-20(25)29-16-11-17(21(26)28-3)24(13-16)19-12-22-8-9-23-19/h4-10,12,16-17H,11,13H2,1-3H3/b7-5+. The van der Waals surface area contributed by atoms with Crippen LogP contribution in [0.15, 0.2) is 42.9 Å². The van der Waals surface area contributed by atoms with Gasteiger partial charge in [-0.05, 0) is 25.1 Å². The number of aryl methyl sites for hydroxylation is 1. The van der Waals surface area contributed by atoms with E-state index in [2.05, 4.69) is 9.97 Å². The van der Waals surface area contributed by atoms with Crippen LogP contribution in [0.1, 0.15) is 17.5 Å². The molecule has 1 aliphatic heterocycles. The maximum Gasteiger partial charge on any atom is 0.331 e. The number of nitrogens with zero attached hydrogens (tertiary/aromatic N) is 3. The molecule has 0 N–H and O–H groups in total. The normalized spacial score (nSPS) is 18.7. The van der Waals surface area contributed by atoms with Gasteiger partial charge in [0.2, 0.25) is 0 Å². The number of benzene rings is 1. The first-order valence-corrected chi connectivity index (χ1v) is 9.15. The Bertz CT molecular complexity index is 900. The molecular weight excluding hydrogens is 374 g/mol. The minimum Gasteiger partial charge on any atom is -0.496 e. The zero-order valence-electron chi connectivity index (χ0n) is 16.6. The highest BCUT2D eigenvalue weighted by Crippen LogP contribution is 2.26. The Kier molecular flexibility index (Phi) is 6.43. The molecule has 1 aliphatic rings. The van der Waals surface area contributed by atoms with Crippen molar-refractivity contribution in [1.29, 1.82) is 0 Å². The molecule has 0 bridgehead atoms. The lowest BCUT2D eigenvalue weighted by Crippen LogP contribution is -2.37. The van der Waals surface area contributed by atoms with Crippen LogP contribution >= 0.6 is 0 Å². The van der Waals surface area contributed by atoms with Crippen molar-refractivity contribution in [2.24, 2.45) is 0 Å². The lowest BCUT2D eigenvalue weighted by atomic mass is 10.1. The lowest BCUT2D eigenvalue weighted by Gasteiger charge is -2.22. The first-order valence-electron chi connectivity index (χ1n) is 9.15. The van der Waals surface area contributed by atoms with E-state index in [0.717, 1.165) is 11.1 Å². The van der Waals surface area contributed by atoms with Crippen LogP contribution in [-0.4, -0.2) is 54.8 Å². The summed E-state index contributed by atoms with van der Waals surface area (Å²) in [6, 6.07) is 5.11. The number of aromatic nitrogens is 2. The second-order valence-electron chi connectivity index (χ2n) is 6.63. The van der Waals surface area contributed by atoms with E-state index in [-0.39, 0.29) is 0 Å². The van der Waals surface area contributed by atoms with Gasteiger partial charge in [0.1, 0.15) is 23.7 Å². The molecule has 0 radical (unpaired) electrons. The van der Waals surface area contributed by atoms with Crippen LogP contribution in [0.5, 0.6) is 5.75 Å². The lowest BCUT2D eigenvalue weighted by molar-refractivity contribution is -0.145. The van der Waals surface area contributed by atoms with Gasteiger partial charge in [-0.3, -0.25) is 4.98 Å². The summed E-state index contributed by atoms with van der Waals surface area (Å²) in [5.41, 5.74) is 1.83. The SMILES string of the molecule is COC(=O)C1CC(OC(=O)/C=C/c2cc(C)ccc2OC)CN1c1cnccn1. The first-order chi connectivity index (χ1) is 14.0. The second-order valence-corrected chi connectivity index (χ2v) is 6.63. The van der Waals surface area contributed by atoms with Crippen molar-refractivity contribution in [2.75, 3.05) is 25.7 Å². The highest BCUT2D eigenvalue weighted by molar-refractivity contribution is 5.88. The molecule has 2 unspecified atom stereocenters. The highest BCUT2D eigenvalue weighted by atomic mass is 16.5. The van der Waals surface area contributed by atoms with Crippen molar-refractivity contribution >= 4 is 23.8 Å². The summed E-state index contributed by atoms with van der Waals surface area (Å²) in [7, 11) is 2.90. The molecule has 29 heavy (non-hydrogen) atoms. The molecule has 1 fully saturated rings. The highest BCUT2D eigenvalue weighted by Gasteiger charge is 2.40. The van der Waals surface area contributed by atoms with E-state index >= 15 is 0 Å². The molecule has 2 aromatic rings. The molecule has 1 aromatic heterocycles. The van der Waals surface area contributed by atoms with Crippen LogP contribution < -0.4 is 9.64 Å². The third kappa shape index (κ3) is 4.90. The fraction of sp³-hybridized carbons (Fsp3) is 0.333. The Labute approximate surface area is 169 Å². The Balaban J connectivity index is 1.69. The fourth-order valence-electron chi connectivity index (χ4n) is 3.28. The van der Waals surface area contributed by atoms with Crippen molar-refractivity contribution < 1.29 is 23.8 Å². The number of hydrogen-bond donors (Lipinski definition) is 0. The smallest absolute Gasteiger partial charge is 0.331 e. The van der Waals surface area contributed by atoms with E-state index in [9.17, 15) is 9.59 Å². The van der Waals surface area contributed by atoms with Crippen molar-refractivity contribution in [1.82, 2.24) is 9.97 Å². The predicted octanol–water partition coefficient (Wildman–Crippen LogP) is 2.17. The number of ether oxygens (including phenoxy) is 3. The summed E-state index contributed by atoms with van der Waals surface area (Å²) in [5, 5.41) is 0. The maximum atomic E-state index is 12.3. The molecule has 2 heterocycles. The Morgan fingerprint density at radius 2 is 2.07 bits per heavy atom.